The van der Waals surface area contributed by atoms with Crippen molar-refractivity contribution in [2.45, 2.75) is 38.0 Å². The highest BCUT2D eigenvalue weighted by molar-refractivity contribution is 5.80. The van der Waals surface area contributed by atoms with E-state index in [4.69, 9.17) is 23.7 Å². The lowest BCUT2D eigenvalue weighted by Crippen LogP contribution is -2.35. The molecule has 0 spiro atoms. The van der Waals surface area contributed by atoms with Gasteiger partial charge >= 0.3 is 0 Å². The molecule has 6 heteroatoms. The molecule has 3 rings (SSSR count). The van der Waals surface area contributed by atoms with Gasteiger partial charge in [-0.1, -0.05) is 0 Å². The third-order valence-electron chi connectivity index (χ3n) is 5.31. The van der Waals surface area contributed by atoms with Crippen molar-refractivity contribution in [3.05, 3.63) is 11.1 Å². The van der Waals surface area contributed by atoms with Crippen LogP contribution in [0.4, 0.5) is 5.69 Å². The number of anilines is 1. The Morgan fingerprint density at radius 3 is 2.08 bits per heavy atom. The summed E-state index contributed by atoms with van der Waals surface area (Å²) >= 11 is 0. The Kier molecular flexibility index (Phi) is 4.78. The van der Waals surface area contributed by atoms with Crippen molar-refractivity contribution in [3.63, 3.8) is 0 Å². The van der Waals surface area contributed by atoms with Gasteiger partial charge < -0.3 is 28.6 Å². The minimum atomic E-state index is -0.345. The van der Waals surface area contributed by atoms with Crippen LogP contribution in [0.1, 0.15) is 29.9 Å². The summed E-state index contributed by atoms with van der Waals surface area (Å²) in [5.74, 6) is 2.37. The van der Waals surface area contributed by atoms with Gasteiger partial charge in [0.2, 0.25) is 0 Å². The van der Waals surface area contributed by atoms with E-state index >= 15 is 0 Å². The summed E-state index contributed by atoms with van der Waals surface area (Å²) in [6.45, 7) is 3.00. The number of methoxy groups -OCH3 is 5. The zero-order valence-corrected chi connectivity index (χ0v) is 15.3. The second kappa shape index (κ2) is 6.69. The van der Waals surface area contributed by atoms with Gasteiger partial charge in [-0.15, -0.1) is 0 Å². The van der Waals surface area contributed by atoms with E-state index in [1.54, 1.807) is 35.5 Å². The van der Waals surface area contributed by atoms with Gasteiger partial charge in [0.25, 0.3) is 0 Å². The largest absolute Gasteiger partial charge is 0.494 e. The molecule has 0 N–H and O–H groups in total. The second-order valence-corrected chi connectivity index (χ2v) is 6.26. The third-order valence-corrected chi connectivity index (χ3v) is 5.31. The van der Waals surface area contributed by atoms with Gasteiger partial charge in [0.1, 0.15) is 5.75 Å². The molecule has 2 heterocycles. The second-order valence-electron chi connectivity index (χ2n) is 6.26. The monoisotopic (exact) mass is 337 g/mol. The third kappa shape index (κ3) is 2.24. The Bertz CT molecular complexity index is 614. The van der Waals surface area contributed by atoms with Gasteiger partial charge in [0, 0.05) is 37.9 Å². The lowest BCUT2D eigenvalue weighted by atomic mass is 9.90. The highest BCUT2D eigenvalue weighted by Crippen LogP contribution is 2.59. The van der Waals surface area contributed by atoms with E-state index in [9.17, 15) is 0 Å². The first-order valence-corrected chi connectivity index (χ1v) is 8.29. The molecule has 0 amide bonds. The fourth-order valence-corrected chi connectivity index (χ4v) is 4.44. The molecule has 1 saturated heterocycles. The zero-order valence-electron chi connectivity index (χ0n) is 15.3. The summed E-state index contributed by atoms with van der Waals surface area (Å²) in [4.78, 5) is 2.42. The SMILES string of the molecule is COc1c(C)c(OC)c2c(c1OC)C(C(OC)OC)C1CCCN21. The molecule has 1 fully saturated rings. The molecule has 24 heavy (non-hydrogen) atoms. The minimum absolute atomic E-state index is 0.0517. The number of ether oxygens (including phenoxy) is 5. The lowest BCUT2D eigenvalue weighted by Gasteiger charge is -2.27. The van der Waals surface area contributed by atoms with E-state index in [-0.39, 0.29) is 12.2 Å². The molecule has 1 aromatic rings. The average Bonchev–Trinajstić information content (AvgIpc) is 3.17. The maximum absolute atomic E-state index is 5.78. The molecule has 0 aromatic heterocycles. The molecular formula is C18H27NO5. The van der Waals surface area contributed by atoms with Gasteiger partial charge in [-0.05, 0) is 19.8 Å². The summed E-state index contributed by atoms with van der Waals surface area (Å²) < 4.78 is 28.5. The average molecular weight is 337 g/mol. The van der Waals surface area contributed by atoms with Crippen molar-refractivity contribution in [1.82, 2.24) is 0 Å². The standard InChI is InChI=1S/C18H27NO5/c1-10-15(20-2)14-13(17(22-4)16(10)21-3)12(18(23-5)24-6)11-8-7-9-19(11)14/h11-12,18H,7-9H2,1-6H3. The topological polar surface area (TPSA) is 49.4 Å². The van der Waals surface area contributed by atoms with E-state index in [2.05, 4.69) is 4.90 Å². The van der Waals surface area contributed by atoms with Gasteiger partial charge in [0.15, 0.2) is 17.8 Å². The number of hydrogen-bond acceptors (Lipinski definition) is 6. The van der Waals surface area contributed by atoms with Crippen molar-refractivity contribution in [2.24, 2.45) is 0 Å². The van der Waals surface area contributed by atoms with Crippen molar-refractivity contribution >= 4 is 5.69 Å². The highest BCUT2D eigenvalue weighted by atomic mass is 16.7. The molecule has 2 unspecified atom stereocenters. The number of hydrogen-bond donors (Lipinski definition) is 0. The molecule has 0 radical (unpaired) electrons. The van der Waals surface area contributed by atoms with Crippen LogP contribution in [-0.2, 0) is 9.47 Å². The first-order valence-electron chi connectivity index (χ1n) is 8.29. The van der Waals surface area contributed by atoms with E-state index in [0.29, 0.717) is 11.8 Å². The number of fused-ring (bicyclic) bond motifs is 3. The Labute approximate surface area is 143 Å². The van der Waals surface area contributed by atoms with Gasteiger partial charge in [-0.3, -0.25) is 0 Å². The van der Waals surface area contributed by atoms with Gasteiger partial charge in [0.05, 0.1) is 32.9 Å². The molecule has 6 nitrogen and oxygen atoms in total. The van der Waals surface area contributed by atoms with Crippen molar-refractivity contribution in [3.8, 4) is 17.2 Å². The van der Waals surface area contributed by atoms with E-state index in [1.165, 1.54) is 0 Å². The van der Waals surface area contributed by atoms with Gasteiger partial charge in [-0.2, -0.15) is 0 Å². The zero-order chi connectivity index (χ0) is 17.4. The predicted octanol–water partition coefficient (Wildman–Crippen LogP) is 2.71. The smallest absolute Gasteiger partial charge is 0.167 e. The molecule has 2 atom stereocenters. The fourth-order valence-electron chi connectivity index (χ4n) is 4.44. The number of rotatable bonds is 6. The summed E-state index contributed by atoms with van der Waals surface area (Å²) in [6.07, 6.45) is 1.90. The van der Waals surface area contributed by atoms with Gasteiger partial charge in [-0.25, -0.2) is 0 Å². The van der Waals surface area contributed by atoms with Crippen molar-refractivity contribution in [1.29, 1.82) is 0 Å². The maximum Gasteiger partial charge on any atom is 0.167 e. The molecule has 0 saturated carbocycles. The molecule has 2 aliphatic rings. The summed E-state index contributed by atoms with van der Waals surface area (Å²) in [5, 5.41) is 0. The lowest BCUT2D eigenvalue weighted by molar-refractivity contribution is -0.120. The first-order chi connectivity index (χ1) is 11.6. The number of benzene rings is 1. The Morgan fingerprint density at radius 2 is 1.54 bits per heavy atom. The predicted molar refractivity (Wildman–Crippen MR) is 91.8 cm³/mol. The maximum atomic E-state index is 5.78. The Morgan fingerprint density at radius 1 is 0.917 bits per heavy atom. The van der Waals surface area contributed by atoms with Crippen LogP contribution in [0.25, 0.3) is 0 Å². The van der Waals surface area contributed by atoms with Crippen LogP contribution in [0.15, 0.2) is 0 Å². The molecule has 1 aromatic carbocycles. The molecule has 2 aliphatic heterocycles. The van der Waals surface area contributed by atoms with Crippen LogP contribution in [0.3, 0.4) is 0 Å². The van der Waals surface area contributed by atoms with Crippen LogP contribution >= 0.6 is 0 Å². The molecular weight excluding hydrogens is 310 g/mol. The number of nitrogens with zero attached hydrogens (tertiary/aromatic N) is 1. The van der Waals surface area contributed by atoms with E-state index < -0.39 is 0 Å². The minimum Gasteiger partial charge on any atom is -0.494 e. The summed E-state index contributed by atoms with van der Waals surface area (Å²) in [6, 6.07) is 0.319. The highest BCUT2D eigenvalue weighted by Gasteiger charge is 2.50. The fraction of sp³-hybridized carbons (Fsp3) is 0.667. The normalized spacial score (nSPS) is 21.9. The van der Waals surface area contributed by atoms with Crippen LogP contribution in [-0.4, -0.2) is 54.4 Å². The summed E-state index contributed by atoms with van der Waals surface area (Å²) in [7, 11) is 8.41. The van der Waals surface area contributed by atoms with Crippen LogP contribution in [0, 0.1) is 6.92 Å². The van der Waals surface area contributed by atoms with E-state index in [1.807, 2.05) is 6.92 Å². The van der Waals surface area contributed by atoms with Crippen LogP contribution < -0.4 is 19.1 Å². The quantitative estimate of drug-likeness (QED) is 0.744. The summed E-state index contributed by atoms with van der Waals surface area (Å²) in [5.41, 5.74) is 3.11. The molecule has 0 bridgehead atoms. The van der Waals surface area contributed by atoms with E-state index in [0.717, 1.165) is 47.7 Å². The molecule has 134 valence electrons. The first kappa shape index (κ1) is 17.2. The van der Waals surface area contributed by atoms with Crippen molar-refractivity contribution in [2.75, 3.05) is 47.0 Å². The Balaban J connectivity index is 2.30. The van der Waals surface area contributed by atoms with Crippen LogP contribution in [0.2, 0.25) is 0 Å². The Hall–Kier alpha value is -1.66. The van der Waals surface area contributed by atoms with Crippen LogP contribution in [0.5, 0.6) is 17.2 Å². The van der Waals surface area contributed by atoms with Crippen molar-refractivity contribution < 1.29 is 23.7 Å². The molecule has 0 aliphatic carbocycles.